The molecular formula is C19H22FNO2. The molecule has 0 radical (unpaired) electrons. The number of benzene rings is 2. The van der Waals surface area contributed by atoms with E-state index in [-0.39, 0.29) is 24.2 Å². The molecule has 23 heavy (non-hydrogen) atoms. The van der Waals surface area contributed by atoms with Gasteiger partial charge in [-0.2, -0.15) is 0 Å². The van der Waals surface area contributed by atoms with Crippen LogP contribution in [0.5, 0.6) is 0 Å². The Bertz CT molecular complexity index is 613. The number of aliphatic hydroxyl groups is 1. The highest BCUT2D eigenvalue weighted by Crippen LogP contribution is 2.23. The molecule has 0 saturated heterocycles. The standard InChI is InChI=1S/C19H22FNO2/c1-21(18(12-14-22)15-5-3-2-4-6-15)13-11-19(23)16-7-9-17(20)10-8-16/h2-10,18,22H,11-14H2,1H3. The lowest BCUT2D eigenvalue weighted by Gasteiger charge is -2.28. The molecule has 0 aromatic heterocycles. The van der Waals surface area contributed by atoms with Crippen LogP contribution < -0.4 is 0 Å². The Balaban J connectivity index is 1.97. The average Bonchev–Trinajstić information content (AvgIpc) is 2.58. The number of ketones is 1. The molecular weight excluding hydrogens is 293 g/mol. The molecule has 122 valence electrons. The zero-order valence-electron chi connectivity index (χ0n) is 13.3. The smallest absolute Gasteiger partial charge is 0.164 e. The van der Waals surface area contributed by atoms with Gasteiger partial charge in [-0.25, -0.2) is 4.39 Å². The SMILES string of the molecule is CN(CCC(=O)c1ccc(F)cc1)C(CCO)c1ccccc1. The van der Waals surface area contributed by atoms with Crippen molar-refractivity contribution in [2.24, 2.45) is 0 Å². The summed E-state index contributed by atoms with van der Waals surface area (Å²) >= 11 is 0. The molecule has 2 aromatic rings. The highest BCUT2D eigenvalue weighted by Gasteiger charge is 2.17. The second-order valence-corrected chi connectivity index (χ2v) is 5.60. The fraction of sp³-hybridized carbons (Fsp3) is 0.316. The van der Waals surface area contributed by atoms with E-state index in [1.165, 1.54) is 24.3 Å². The Morgan fingerprint density at radius 2 is 1.78 bits per heavy atom. The van der Waals surface area contributed by atoms with Crippen molar-refractivity contribution in [3.8, 4) is 0 Å². The molecule has 1 N–H and O–H groups in total. The lowest BCUT2D eigenvalue weighted by molar-refractivity contribution is 0.0954. The number of aliphatic hydroxyl groups excluding tert-OH is 1. The maximum Gasteiger partial charge on any atom is 0.164 e. The number of hydrogen-bond acceptors (Lipinski definition) is 3. The van der Waals surface area contributed by atoms with Crippen LogP contribution in [-0.2, 0) is 0 Å². The topological polar surface area (TPSA) is 40.5 Å². The first-order chi connectivity index (χ1) is 11.1. The van der Waals surface area contributed by atoms with Crippen LogP contribution in [-0.4, -0.2) is 36.0 Å². The van der Waals surface area contributed by atoms with E-state index >= 15 is 0 Å². The lowest BCUT2D eigenvalue weighted by Crippen LogP contribution is -2.28. The van der Waals surface area contributed by atoms with Gasteiger partial charge in [-0.1, -0.05) is 30.3 Å². The van der Waals surface area contributed by atoms with E-state index in [0.717, 1.165) is 5.56 Å². The quantitative estimate of drug-likeness (QED) is 0.759. The second-order valence-electron chi connectivity index (χ2n) is 5.60. The Morgan fingerprint density at radius 3 is 2.39 bits per heavy atom. The first-order valence-electron chi connectivity index (χ1n) is 7.76. The van der Waals surface area contributed by atoms with E-state index in [4.69, 9.17) is 0 Å². The molecule has 0 spiro atoms. The van der Waals surface area contributed by atoms with Gasteiger partial charge in [0.2, 0.25) is 0 Å². The fourth-order valence-corrected chi connectivity index (χ4v) is 2.65. The molecule has 0 amide bonds. The number of carbonyl (C=O) groups excluding carboxylic acids is 1. The largest absolute Gasteiger partial charge is 0.396 e. The van der Waals surface area contributed by atoms with Gasteiger partial charge in [-0.3, -0.25) is 9.69 Å². The summed E-state index contributed by atoms with van der Waals surface area (Å²) in [5.74, 6) is -0.349. The number of hydrogen-bond donors (Lipinski definition) is 1. The number of nitrogens with zero attached hydrogens (tertiary/aromatic N) is 1. The van der Waals surface area contributed by atoms with Crippen molar-refractivity contribution in [3.63, 3.8) is 0 Å². The average molecular weight is 315 g/mol. The van der Waals surface area contributed by atoms with Crippen LogP contribution in [0.1, 0.15) is 34.8 Å². The summed E-state index contributed by atoms with van der Waals surface area (Å²) in [6.07, 6.45) is 0.974. The van der Waals surface area contributed by atoms with Gasteiger partial charge < -0.3 is 5.11 Å². The zero-order chi connectivity index (χ0) is 16.7. The van der Waals surface area contributed by atoms with E-state index < -0.39 is 0 Å². The monoisotopic (exact) mass is 315 g/mol. The van der Waals surface area contributed by atoms with E-state index in [9.17, 15) is 14.3 Å². The van der Waals surface area contributed by atoms with Gasteiger partial charge in [0, 0.05) is 31.2 Å². The van der Waals surface area contributed by atoms with E-state index in [2.05, 4.69) is 4.90 Å². The summed E-state index contributed by atoms with van der Waals surface area (Å²) in [7, 11) is 1.95. The van der Waals surface area contributed by atoms with Crippen LogP contribution in [0.4, 0.5) is 4.39 Å². The van der Waals surface area contributed by atoms with Gasteiger partial charge in [0.05, 0.1) is 0 Å². The van der Waals surface area contributed by atoms with Crippen molar-refractivity contribution < 1.29 is 14.3 Å². The van der Waals surface area contributed by atoms with Crippen molar-refractivity contribution in [2.75, 3.05) is 20.2 Å². The van der Waals surface area contributed by atoms with Gasteiger partial charge in [-0.05, 0) is 43.3 Å². The molecule has 3 nitrogen and oxygen atoms in total. The molecule has 1 atom stereocenters. The van der Waals surface area contributed by atoms with Crippen molar-refractivity contribution >= 4 is 5.78 Å². The van der Waals surface area contributed by atoms with Gasteiger partial charge in [0.1, 0.15) is 5.82 Å². The lowest BCUT2D eigenvalue weighted by atomic mass is 10.0. The van der Waals surface area contributed by atoms with Crippen molar-refractivity contribution in [1.29, 1.82) is 0 Å². The minimum absolute atomic E-state index is 0.00680. The van der Waals surface area contributed by atoms with Crippen LogP contribution in [0.3, 0.4) is 0 Å². The number of rotatable bonds is 8. The Labute approximate surface area is 136 Å². The Kier molecular flexibility index (Phi) is 6.44. The normalized spacial score (nSPS) is 12.3. The van der Waals surface area contributed by atoms with Crippen LogP contribution >= 0.6 is 0 Å². The van der Waals surface area contributed by atoms with Crippen LogP contribution in [0, 0.1) is 5.82 Å². The molecule has 1 unspecified atom stereocenters. The first kappa shape index (κ1) is 17.3. The third kappa shape index (κ3) is 4.98. The predicted molar refractivity (Wildman–Crippen MR) is 88.9 cm³/mol. The summed E-state index contributed by atoms with van der Waals surface area (Å²) in [4.78, 5) is 14.3. The van der Waals surface area contributed by atoms with Crippen molar-refractivity contribution in [3.05, 3.63) is 71.5 Å². The molecule has 0 aliphatic heterocycles. The summed E-state index contributed by atoms with van der Waals surface area (Å²) in [6, 6.07) is 15.6. The summed E-state index contributed by atoms with van der Waals surface area (Å²) < 4.78 is 12.9. The van der Waals surface area contributed by atoms with Crippen molar-refractivity contribution in [2.45, 2.75) is 18.9 Å². The van der Waals surface area contributed by atoms with Crippen LogP contribution in [0.2, 0.25) is 0 Å². The maximum absolute atomic E-state index is 12.9. The minimum Gasteiger partial charge on any atom is -0.396 e. The summed E-state index contributed by atoms with van der Waals surface area (Å²) in [6.45, 7) is 0.672. The third-order valence-electron chi connectivity index (χ3n) is 3.98. The molecule has 0 aliphatic rings. The molecule has 0 aliphatic carbocycles. The number of Topliss-reactive ketones (excluding diaryl/α,β-unsaturated/α-hetero) is 1. The molecule has 2 rings (SSSR count). The molecule has 0 bridgehead atoms. The predicted octanol–water partition coefficient (Wildman–Crippen LogP) is 3.45. The first-order valence-corrected chi connectivity index (χ1v) is 7.76. The zero-order valence-corrected chi connectivity index (χ0v) is 13.3. The number of halogens is 1. The molecule has 0 fully saturated rings. The fourth-order valence-electron chi connectivity index (χ4n) is 2.65. The molecule has 2 aromatic carbocycles. The van der Waals surface area contributed by atoms with Crippen molar-refractivity contribution in [1.82, 2.24) is 4.90 Å². The van der Waals surface area contributed by atoms with Gasteiger partial charge in [-0.15, -0.1) is 0 Å². The van der Waals surface area contributed by atoms with Gasteiger partial charge in [0.15, 0.2) is 5.78 Å². The summed E-state index contributed by atoms with van der Waals surface area (Å²) in [5.41, 5.74) is 1.65. The van der Waals surface area contributed by atoms with Crippen LogP contribution in [0.15, 0.2) is 54.6 Å². The number of carbonyl (C=O) groups is 1. The van der Waals surface area contributed by atoms with E-state index in [1.807, 2.05) is 37.4 Å². The highest BCUT2D eigenvalue weighted by atomic mass is 19.1. The second kappa shape index (κ2) is 8.56. The van der Waals surface area contributed by atoms with Crippen LogP contribution in [0.25, 0.3) is 0 Å². The molecule has 0 saturated carbocycles. The molecule has 4 heteroatoms. The van der Waals surface area contributed by atoms with E-state index in [0.29, 0.717) is 24.9 Å². The van der Waals surface area contributed by atoms with E-state index in [1.54, 1.807) is 0 Å². The Morgan fingerprint density at radius 1 is 1.13 bits per heavy atom. The molecule has 0 heterocycles. The highest BCUT2D eigenvalue weighted by molar-refractivity contribution is 5.96. The van der Waals surface area contributed by atoms with Gasteiger partial charge >= 0.3 is 0 Å². The minimum atomic E-state index is -0.342. The summed E-state index contributed by atoms with van der Waals surface area (Å²) in [5, 5.41) is 9.30. The van der Waals surface area contributed by atoms with Gasteiger partial charge in [0.25, 0.3) is 0 Å². The maximum atomic E-state index is 12.9. The third-order valence-corrected chi connectivity index (χ3v) is 3.98. The Hall–Kier alpha value is -2.04.